The SMILES string of the molecule is CC[C@@H](C)C(=O)N1CCC[C@@H](C(=O)Nc2ccccc2)C1. The number of carbonyl (C=O) groups excluding carboxylic acids is 2. The fourth-order valence-electron chi connectivity index (χ4n) is 2.64. The fraction of sp³-hybridized carbons (Fsp3) is 0.529. The first-order valence-corrected chi connectivity index (χ1v) is 7.76. The number of nitrogens with zero attached hydrogens (tertiary/aromatic N) is 1. The minimum atomic E-state index is -0.105. The van der Waals surface area contributed by atoms with Crippen LogP contribution in [-0.2, 0) is 9.59 Å². The fourth-order valence-corrected chi connectivity index (χ4v) is 2.64. The Morgan fingerprint density at radius 1 is 1.33 bits per heavy atom. The van der Waals surface area contributed by atoms with Crippen LogP contribution >= 0.6 is 0 Å². The third kappa shape index (κ3) is 4.06. The highest BCUT2D eigenvalue weighted by Gasteiger charge is 2.29. The van der Waals surface area contributed by atoms with Gasteiger partial charge in [0.1, 0.15) is 0 Å². The molecule has 2 rings (SSSR count). The van der Waals surface area contributed by atoms with Crippen LogP contribution in [0.4, 0.5) is 5.69 Å². The molecular weight excluding hydrogens is 264 g/mol. The second-order valence-corrected chi connectivity index (χ2v) is 5.79. The Hall–Kier alpha value is -1.84. The minimum absolute atomic E-state index is 0.0165. The zero-order chi connectivity index (χ0) is 15.2. The summed E-state index contributed by atoms with van der Waals surface area (Å²) in [6, 6.07) is 9.47. The molecule has 0 bridgehead atoms. The van der Waals surface area contributed by atoms with Gasteiger partial charge in [0.15, 0.2) is 0 Å². The molecule has 0 aromatic heterocycles. The molecule has 0 radical (unpaired) electrons. The van der Waals surface area contributed by atoms with Crippen molar-refractivity contribution in [2.75, 3.05) is 18.4 Å². The lowest BCUT2D eigenvalue weighted by atomic mass is 9.95. The van der Waals surface area contributed by atoms with Crippen LogP contribution in [-0.4, -0.2) is 29.8 Å². The van der Waals surface area contributed by atoms with E-state index in [2.05, 4.69) is 5.32 Å². The number of likely N-dealkylation sites (tertiary alicyclic amines) is 1. The molecule has 1 aromatic carbocycles. The minimum Gasteiger partial charge on any atom is -0.342 e. The van der Waals surface area contributed by atoms with Crippen molar-refractivity contribution in [3.05, 3.63) is 30.3 Å². The third-order valence-electron chi connectivity index (χ3n) is 4.18. The topological polar surface area (TPSA) is 49.4 Å². The van der Waals surface area contributed by atoms with Crippen LogP contribution in [0.25, 0.3) is 0 Å². The predicted molar refractivity (Wildman–Crippen MR) is 83.8 cm³/mol. The number of rotatable bonds is 4. The molecule has 1 aromatic rings. The molecule has 0 saturated carbocycles. The summed E-state index contributed by atoms with van der Waals surface area (Å²) in [4.78, 5) is 26.4. The quantitative estimate of drug-likeness (QED) is 0.926. The summed E-state index contributed by atoms with van der Waals surface area (Å²) in [7, 11) is 0. The van der Waals surface area contributed by atoms with E-state index in [0.29, 0.717) is 6.54 Å². The van der Waals surface area contributed by atoms with Gasteiger partial charge in [0, 0.05) is 24.7 Å². The summed E-state index contributed by atoms with van der Waals surface area (Å²) in [5.74, 6) is 0.130. The normalized spacial score (nSPS) is 19.9. The van der Waals surface area contributed by atoms with E-state index in [0.717, 1.165) is 31.5 Å². The highest BCUT2D eigenvalue weighted by atomic mass is 16.2. The molecule has 1 N–H and O–H groups in total. The summed E-state index contributed by atoms with van der Waals surface area (Å²) in [6.07, 6.45) is 2.59. The Morgan fingerprint density at radius 3 is 2.71 bits per heavy atom. The van der Waals surface area contributed by atoms with Gasteiger partial charge < -0.3 is 10.2 Å². The number of anilines is 1. The molecule has 4 nitrogen and oxygen atoms in total. The predicted octanol–water partition coefficient (Wildman–Crippen LogP) is 2.91. The molecule has 114 valence electrons. The lowest BCUT2D eigenvalue weighted by molar-refractivity contribution is -0.138. The van der Waals surface area contributed by atoms with E-state index < -0.39 is 0 Å². The van der Waals surface area contributed by atoms with E-state index in [1.54, 1.807) is 0 Å². The maximum Gasteiger partial charge on any atom is 0.229 e. The van der Waals surface area contributed by atoms with Crippen LogP contribution in [0.15, 0.2) is 30.3 Å². The van der Waals surface area contributed by atoms with Crippen LogP contribution in [0.3, 0.4) is 0 Å². The van der Waals surface area contributed by atoms with Gasteiger partial charge in [0.05, 0.1) is 5.92 Å². The molecule has 21 heavy (non-hydrogen) atoms. The number of nitrogens with one attached hydrogen (secondary N) is 1. The zero-order valence-electron chi connectivity index (χ0n) is 12.8. The first-order valence-electron chi connectivity index (χ1n) is 7.76. The smallest absolute Gasteiger partial charge is 0.229 e. The average molecular weight is 288 g/mol. The molecule has 0 aliphatic carbocycles. The van der Waals surface area contributed by atoms with Crippen molar-refractivity contribution in [3.8, 4) is 0 Å². The summed E-state index contributed by atoms with van der Waals surface area (Å²) < 4.78 is 0. The van der Waals surface area contributed by atoms with Crippen molar-refractivity contribution in [2.24, 2.45) is 11.8 Å². The molecule has 1 aliphatic rings. The number of para-hydroxylation sites is 1. The van der Waals surface area contributed by atoms with Crippen molar-refractivity contribution in [2.45, 2.75) is 33.1 Å². The average Bonchev–Trinajstić information content (AvgIpc) is 2.54. The van der Waals surface area contributed by atoms with Gasteiger partial charge in [0.2, 0.25) is 11.8 Å². The number of hydrogen-bond acceptors (Lipinski definition) is 2. The van der Waals surface area contributed by atoms with Crippen molar-refractivity contribution in [3.63, 3.8) is 0 Å². The van der Waals surface area contributed by atoms with Gasteiger partial charge in [-0.05, 0) is 31.4 Å². The van der Waals surface area contributed by atoms with E-state index >= 15 is 0 Å². The van der Waals surface area contributed by atoms with Gasteiger partial charge in [-0.2, -0.15) is 0 Å². The highest BCUT2D eigenvalue weighted by Crippen LogP contribution is 2.21. The van der Waals surface area contributed by atoms with Crippen LogP contribution in [0.1, 0.15) is 33.1 Å². The molecule has 1 fully saturated rings. The molecule has 1 heterocycles. The lowest BCUT2D eigenvalue weighted by Gasteiger charge is -2.33. The largest absolute Gasteiger partial charge is 0.342 e. The molecule has 0 spiro atoms. The molecular formula is C17H24N2O2. The van der Waals surface area contributed by atoms with Gasteiger partial charge in [-0.3, -0.25) is 9.59 Å². The second-order valence-electron chi connectivity index (χ2n) is 5.79. The zero-order valence-corrected chi connectivity index (χ0v) is 12.8. The van der Waals surface area contributed by atoms with E-state index in [9.17, 15) is 9.59 Å². The molecule has 1 aliphatic heterocycles. The summed E-state index contributed by atoms with van der Waals surface area (Å²) in [5, 5.41) is 2.94. The van der Waals surface area contributed by atoms with Crippen LogP contribution < -0.4 is 5.32 Å². The van der Waals surface area contributed by atoms with Crippen molar-refractivity contribution in [1.82, 2.24) is 4.90 Å². The Bertz CT molecular complexity index is 487. The third-order valence-corrected chi connectivity index (χ3v) is 4.18. The number of hydrogen-bond donors (Lipinski definition) is 1. The second kappa shape index (κ2) is 7.25. The standard InChI is InChI=1S/C17H24N2O2/c1-3-13(2)17(21)19-11-7-8-14(12-19)16(20)18-15-9-5-4-6-10-15/h4-6,9-10,13-14H,3,7-8,11-12H2,1-2H3,(H,18,20)/t13-,14-/m1/s1. The number of carbonyl (C=O) groups is 2. The van der Waals surface area contributed by atoms with Crippen LogP contribution in [0.5, 0.6) is 0 Å². The molecule has 2 atom stereocenters. The van der Waals surface area contributed by atoms with Gasteiger partial charge in [-0.1, -0.05) is 32.0 Å². The monoisotopic (exact) mass is 288 g/mol. The Morgan fingerprint density at radius 2 is 2.05 bits per heavy atom. The first kappa shape index (κ1) is 15.5. The van der Waals surface area contributed by atoms with Crippen molar-refractivity contribution < 1.29 is 9.59 Å². The van der Waals surface area contributed by atoms with Gasteiger partial charge >= 0.3 is 0 Å². The Kier molecular flexibility index (Phi) is 5.37. The van der Waals surface area contributed by atoms with Gasteiger partial charge in [-0.15, -0.1) is 0 Å². The summed E-state index contributed by atoms with van der Waals surface area (Å²) in [5.41, 5.74) is 0.813. The Balaban J connectivity index is 1.94. The van der Waals surface area contributed by atoms with E-state index in [-0.39, 0.29) is 23.7 Å². The number of benzene rings is 1. The number of amides is 2. The number of piperidine rings is 1. The first-order chi connectivity index (χ1) is 10.1. The molecule has 4 heteroatoms. The summed E-state index contributed by atoms with van der Waals surface area (Å²) >= 11 is 0. The lowest BCUT2D eigenvalue weighted by Crippen LogP contribution is -2.45. The molecule has 0 unspecified atom stereocenters. The van der Waals surface area contributed by atoms with E-state index in [1.807, 2.05) is 49.1 Å². The highest BCUT2D eigenvalue weighted by molar-refractivity contribution is 5.93. The molecule has 1 saturated heterocycles. The van der Waals surface area contributed by atoms with E-state index in [4.69, 9.17) is 0 Å². The van der Waals surface area contributed by atoms with Crippen molar-refractivity contribution >= 4 is 17.5 Å². The van der Waals surface area contributed by atoms with Crippen LogP contribution in [0, 0.1) is 11.8 Å². The van der Waals surface area contributed by atoms with Crippen LogP contribution in [0.2, 0.25) is 0 Å². The van der Waals surface area contributed by atoms with Gasteiger partial charge in [0.25, 0.3) is 0 Å². The Labute approximate surface area is 126 Å². The maximum atomic E-state index is 12.3. The summed E-state index contributed by atoms with van der Waals surface area (Å²) in [6.45, 7) is 5.29. The van der Waals surface area contributed by atoms with Crippen molar-refractivity contribution in [1.29, 1.82) is 0 Å². The maximum absolute atomic E-state index is 12.3. The van der Waals surface area contributed by atoms with Gasteiger partial charge in [-0.25, -0.2) is 0 Å². The molecule has 2 amide bonds. The van der Waals surface area contributed by atoms with E-state index in [1.165, 1.54) is 0 Å².